The highest BCUT2D eigenvalue weighted by atomic mass is 19.4. The average Bonchev–Trinajstić information content (AvgIpc) is 2.46. The first-order valence-electron chi connectivity index (χ1n) is 7.00. The standard InChI is InChI=1S/C18H16F3NO/c1-12-7-8-14(13(2)11-12)9-10-17(23)22-16-6-4-3-5-15(16)18(19,20)21/h3-11H,1-2H3,(H,22,23)/b10-9+. The lowest BCUT2D eigenvalue weighted by molar-refractivity contribution is -0.136. The van der Waals surface area contributed by atoms with Gasteiger partial charge in [-0.15, -0.1) is 0 Å². The number of benzene rings is 2. The van der Waals surface area contributed by atoms with Gasteiger partial charge in [-0.3, -0.25) is 4.79 Å². The molecule has 0 fully saturated rings. The van der Waals surface area contributed by atoms with Gasteiger partial charge in [0.15, 0.2) is 0 Å². The molecular formula is C18H16F3NO. The van der Waals surface area contributed by atoms with Crippen molar-refractivity contribution in [1.82, 2.24) is 0 Å². The van der Waals surface area contributed by atoms with Crippen LogP contribution in [-0.4, -0.2) is 5.91 Å². The van der Waals surface area contributed by atoms with Gasteiger partial charge in [0.1, 0.15) is 0 Å². The van der Waals surface area contributed by atoms with Crippen molar-refractivity contribution < 1.29 is 18.0 Å². The van der Waals surface area contributed by atoms with E-state index in [1.54, 1.807) is 6.08 Å². The number of nitrogens with one attached hydrogen (secondary N) is 1. The fourth-order valence-corrected chi connectivity index (χ4v) is 2.19. The molecule has 0 aliphatic rings. The average molecular weight is 319 g/mol. The number of aryl methyl sites for hydroxylation is 2. The van der Waals surface area contributed by atoms with Crippen LogP contribution in [0.5, 0.6) is 0 Å². The number of rotatable bonds is 3. The molecule has 0 bridgehead atoms. The van der Waals surface area contributed by atoms with Gasteiger partial charge in [0, 0.05) is 6.08 Å². The molecule has 0 atom stereocenters. The van der Waals surface area contributed by atoms with Crippen molar-refractivity contribution in [2.75, 3.05) is 5.32 Å². The molecule has 2 aromatic rings. The van der Waals surface area contributed by atoms with Crippen LogP contribution in [0.4, 0.5) is 18.9 Å². The van der Waals surface area contributed by atoms with Gasteiger partial charge < -0.3 is 5.32 Å². The number of carbonyl (C=O) groups excluding carboxylic acids is 1. The number of hydrogen-bond acceptors (Lipinski definition) is 1. The van der Waals surface area contributed by atoms with Crippen LogP contribution in [0.25, 0.3) is 6.08 Å². The Morgan fingerprint density at radius 2 is 1.78 bits per heavy atom. The first kappa shape index (κ1) is 16.8. The van der Waals surface area contributed by atoms with Crippen LogP contribution in [0.2, 0.25) is 0 Å². The van der Waals surface area contributed by atoms with Gasteiger partial charge in [0.2, 0.25) is 5.91 Å². The number of anilines is 1. The summed E-state index contributed by atoms with van der Waals surface area (Å²) >= 11 is 0. The van der Waals surface area contributed by atoms with Crippen LogP contribution in [0.1, 0.15) is 22.3 Å². The van der Waals surface area contributed by atoms with Crippen molar-refractivity contribution in [2.24, 2.45) is 0 Å². The van der Waals surface area contributed by atoms with Crippen molar-refractivity contribution in [1.29, 1.82) is 0 Å². The Hall–Kier alpha value is -2.56. The van der Waals surface area contributed by atoms with Gasteiger partial charge in [-0.25, -0.2) is 0 Å². The quantitative estimate of drug-likeness (QED) is 0.795. The van der Waals surface area contributed by atoms with Crippen LogP contribution in [0.3, 0.4) is 0 Å². The van der Waals surface area contributed by atoms with E-state index in [0.717, 1.165) is 22.8 Å². The van der Waals surface area contributed by atoms with E-state index in [9.17, 15) is 18.0 Å². The molecule has 0 unspecified atom stereocenters. The van der Waals surface area contributed by atoms with E-state index in [4.69, 9.17) is 0 Å². The summed E-state index contributed by atoms with van der Waals surface area (Å²) in [7, 11) is 0. The molecule has 0 heterocycles. The lowest BCUT2D eigenvalue weighted by atomic mass is 10.1. The van der Waals surface area contributed by atoms with E-state index in [-0.39, 0.29) is 5.69 Å². The monoisotopic (exact) mass is 319 g/mol. The van der Waals surface area contributed by atoms with Crippen LogP contribution >= 0.6 is 0 Å². The largest absolute Gasteiger partial charge is 0.418 e. The zero-order valence-electron chi connectivity index (χ0n) is 12.7. The maximum atomic E-state index is 12.9. The van der Waals surface area contributed by atoms with E-state index in [1.807, 2.05) is 32.0 Å². The third-order valence-corrected chi connectivity index (χ3v) is 3.33. The Morgan fingerprint density at radius 1 is 1.09 bits per heavy atom. The molecule has 1 N–H and O–H groups in total. The summed E-state index contributed by atoms with van der Waals surface area (Å²) in [6.07, 6.45) is -1.70. The molecule has 1 amide bonds. The normalized spacial score (nSPS) is 11.7. The van der Waals surface area contributed by atoms with E-state index in [1.165, 1.54) is 24.3 Å². The molecule has 2 aromatic carbocycles. The Morgan fingerprint density at radius 3 is 2.43 bits per heavy atom. The summed E-state index contributed by atoms with van der Waals surface area (Å²) < 4.78 is 38.6. The number of para-hydroxylation sites is 1. The minimum atomic E-state index is -4.51. The maximum Gasteiger partial charge on any atom is 0.418 e. The highest BCUT2D eigenvalue weighted by Crippen LogP contribution is 2.34. The zero-order valence-corrected chi connectivity index (χ0v) is 12.7. The van der Waals surface area contributed by atoms with Crippen molar-refractivity contribution in [3.05, 3.63) is 70.8 Å². The van der Waals surface area contributed by atoms with Crippen LogP contribution < -0.4 is 5.32 Å². The third kappa shape index (κ3) is 4.45. The minimum absolute atomic E-state index is 0.254. The number of amides is 1. The van der Waals surface area contributed by atoms with E-state index in [2.05, 4.69) is 5.32 Å². The second-order valence-corrected chi connectivity index (χ2v) is 5.23. The van der Waals surface area contributed by atoms with Gasteiger partial charge >= 0.3 is 6.18 Å². The highest BCUT2D eigenvalue weighted by Gasteiger charge is 2.33. The molecule has 0 saturated carbocycles. The molecule has 0 aromatic heterocycles. The van der Waals surface area contributed by atoms with Crippen molar-refractivity contribution >= 4 is 17.7 Å². The summed E-state index contributed by atoms with van der Waals surface area (Å²) in [6, 6.07) is 10.6. The Balaban J connectivity index is 2.16. The summed E-state index contributed by atoms with van der Waals surface area (Å²) in [4.78, 5) is 11.9. The lowest BCUT2D eigenvalue weighted by Gasteiger charge is -2.12. The van der Waals surface area contributed by atoms with E-state index >= 15 is 0 Å². The molecule has 0 radical (unpaired) electrons. The Kier molecular flexibility index (Phi) is 4.89. The Labute approximate surface area is 132 Å². The molecular weight excluding hydrogens is 303 g/mol. The molecule has 2 rings (SSSR count). The number of halogens is 3. The smallest absolute Gasteiger partial charge is 0.322 e. The van der Waals surface area contributed by atoms with Gasteiger partial charge in [-0.05, 0) is 43.2 Å². The van der Waals surface area contributed by atoms with Crippen LogP contribution in [-0.2, 0) is 11.0 Å². The van der Waals surface area contributed by atoms with Crippen LogP contribution in [0.15, 0.2) is 48.5 Å². The maximum absolute atomic E-state index is 12.9. The predicted molar refractivity (Wildman–Crippen MR) is 85.0 cm³/mol. The molecule has 0 spiro atoms. The number of carbonyl (C=O) groups is 1. The highest BCUT2D eigenvalue weighted by molar-refractivity contribution is 6.02. The third-order valence-electron chi connectivity index (χ3n) is 3.33. The van der Waals surface area contributed by atoms with Crippen LogP contribution in [0, 0.1) is 13.8 Å². The van der Waals surface area contributed by atoms with Gasteiger partial charge in [-0.2, -0.15) is 13.2 Å². The molecule has 0 saturated heterocycles. The molecule has 0 aliphatic carbocycles. The topological polar surface area (TPSA) is 29.1 Å². The second kappa shape index (κ2) is 6.69. The SMILES string of the molecule is Cc1ccc(/C=C/C(=O)Nc2ccccc2C(F)(F)F)c(C)c1. The molecule has 23 heavy (non-hydrogen) atoms. The van der Waals surface area contributed by atoms with Crippen molar-refractivity contribution in [2.45, 2.75) is 20.0 Å². The molecule has 0 aliphatic heterocycles. The molecule has 120 valence electrons. The zero-order chi connectivity index (χ0) is 17.0. The molecule has 5 heteroatoms. The summed E-state index contributed by atoms with van der Waals surface area (Å²) in [6.45, 7) is 3.87. The number of hydrogen-bond donors (Lipinski definition) is 1. The fraction of sp³-hybridized carbons (Fsp3) is 0.167. The summed E-state index contributed by atoms with van der Waals surface area (Å²) in [5, 5.41) is 2.27. The Bertz CT molecular complexity index is 748. The second-order valence-electron chi connectivity index (χ2n) is 5.23. The summed E-state index contributed by atoms with van der Waals surface area (Å²) in [5.74, 6) is -0.610. The van der Waals surface area contributed by atoms with Gasteiger partial charge in [0.25, 0.3) is 0 Å². The fourth-order valence-electron chi connectivity index (χ4n) is 2.19. The van der Waals surface area contributed by atoms with Crippen molar-refractivity contribution in [3.8, 4) is 0 Å². The number of alkyl halides is 3. The van der Waals surface area contributed by atoms with Gasteiger partial charge in [0.05, 0.1) is 11.3 Å². The van der Waals surface area contributed by atoms with Gasteiger partial charge in [-0.1, -0.05) is 35.9 Å². The predicted octanol–water partition coefficient (Wildman–Crippen LogP) is 4.97. The lowest BCUT2D eigenvalue weighted by Crippen LogP contribution is -2.14. The first-order valence-corrected chi connectivity index (χ1v) is 7.00. The van der Waals surface area contributed by atoms with Crippen molar-refractivity contribution in [3.63, 3.8) is 0 Å². The molecule has 2 nitrogen and oxygen atoms in total. The van der Waals surface area contributed by atoms with E-state index < -0.39 is 17.6 Å². The first-order chi connectivity index (χ1) is 10.8. The minimum Gasteiger partial charge on any atom is -0.322 e. The summed E-state index contributed by atoms with van der Waals surface area (Å²) in [5.41, 5.74) is 1.81. The van der Waals surface area contributed by atoms with E-state index in [0.29, 0.717) is 0 Å².